The Labute approximate surface area is 238 Å². The molecule has 0 fully saturated rings. The molecule has 0 amide bonds. The largest absolute Gasteiger partial charge is 0.355 e. The van der Waals surface area contributed by atoms with Gasteiger partial charge in [0.15, 0.2) is 0 Å². The highest BCUT2D eigenvalue weighted by Gasteiger charge is 2.32. The summed E-state index contributed by atoms with van der Waals surface area (Å²) in [7, 11) is 0. The normalized spacial score (nSPS) is 13.2. The minimum Gasteiger partial charge on any atom is -0.355 e. The van der Waals surface area contributed by atoms with Crippen molar-refractivity contribution < 1.29 is 0 Å². The Morgan fingerprint density at radius 1 is 0.525 bits per heavy atom. The zero-order valence-electron chi connectivity index (χ0n) is 24.5. The predicted molar refractivity (Wildman–Crippen MR) is 175 cm³/mol. The Kier molecular flexibility index (Phi) is 6.42. The van der Waals surface area contributed by atoms with E-state index in [1.165, 1.54) is 49.0 Å². The number of fused-ring (bicyclic) bond motifs is 3. The lowest BCUT2D eigenvalue weighted by Crippen LogP contribution is -2.21. The van der Waals surface area contributed by atoms with Crippen LogP contribution in [0, 0.1) is 5.41 Å². The van der Waals surface area contributed by atoms with Gasteiger partial charge in [-0.25, -0.2) is 0 Å². The van der Waals surface area contributed by atoms with Crippen molar-refractivity contribution in [2.45, 2.75) is 52.9 Å². The molecule has 0 aliphatic heterocycles. The van der Waals surface area contributed by atoms with E-state index in [2.05, 4.69) is 162 Å². The third kappa shape index (κ3) is 4.75. The Balaban J connectivity index is 1.55. The van der Waals surface area contributed by atoms with Crippen molar-refractivity contribution in [3.63, 3.8) is 0 Å². The van der Waals surface area contributed by atoms with E-state index < -0.39 is 0 Å². The van der Waals surface area contributed by atoms with Crippen LogP contribution in [0.15, 0.2) is 115 Å². The summed E-state index contributed by atoms with van der Waals surface area (Å²) in [5.41, 5.74) is 6.52. The molecular weight excluding hydrogens is 482 g/mol. The van der Waals surface area contributed by atoms with Gasteiger partial charge in [0, 0.05) is 22.7 Å². The topological polar surface area (TPSA) is 12.0 Å². The van der Waals surface area contributed by atoms with E-state index in [1.54, 1.807) is 0 Å². The van der Waals surface area contributed by atoms with E-state index in [4.69, 9.17) is 0 Å². The third-order valence-electron chi connectivity index (χ3n) is 8.27. The lowest BCUT2D eigenvalue weighted by molar-refractivity contribution is 0.363. The molecule has 0 heterocycles. The Hall–Kier alpha value is -4.10. The molecule has 0 saturated carbocycles. The monoisotopic (exact) mass is 521 g/mol. The summed E-state index contributed by atoms with van der Waals surface area (Å²) < 4.78 is 0. The van der Waals surface area contributed by atoms with E-state index >= 15 is 0 Å². The molecule has 1 unspecified atom stereocenters. The fraction of sp³-hybridized carbons (Fsp3) is 0.231. The first-order valence-electron chi connectivity index (χ1n) is 14.4. The van der Waals surface area contributed by atoms with Gasteiger partial charge in [-0.05, 0) is 78.7 Å². The van der Waals surface area contributed by atoms with E-state index in [1.807, 2.05) is 0 Å². The summed E-state index contributed by atoms with van der Waals surface area (Å²) in [5, 5.41) is 11.6. The highest BCUT2D eigenvalue weighted by molar-refractivity contribution is 6.04. The minimum absolute atomic E-state index is 0.00655. The summed E-state index contributed by atoms with van der Waals surface area (Å²) >= 11 is 0. The molecule has 1 N–H and O–H groups in total. The van der Waals surface area contributed by atoms with Crippen LogP contribution in [0.2, 0.25) is 0 Å². The van der Waals surface area contributed by atoms with Crippen LogP contribution >= 0.6 is 0 Å². The van der Waals surface area contributed by atoms with Gasteiger partial charge in [0.1, 0.15) is 0 Å². The van der Waals surface area contributed by atoms with E-state index in [0.29, 0.717) is 0 Å². The first-order valence-corrected chi connectivity index (χ1v) is 14.4. The van der Waals surface area contributed by atoms with Gasteiger partial charge in [-0.3, -0.25) is 0 Å². The molecule has 6 aromatic rings. The summed E-state index contributed by atoms with van der Waals surface area (Å²) in [4.78, 5) is 0. The van der Waals surface area contributed by atoms with Crippen molar-refractivity contribution in [3.8, 4) is 0 Å². The van der Waals surface area contributed by atoms with E-state index in [-0.39, 0.29) is 16.7 Å². The van der Waals surface area contributed by atoms with Crippen LogP contribution in [-0.4, -0.2) is 0 Å². The number of benzene rings is 6. The maximum absolute atomic E-state index is 3.73. The zero-order chi connectivity index (χ0) is 28.1. The summed E-state index contributed by atoms with van der Waals surface area (Å²) in [6, 6.07) is 42.5. The standard InChI is InChI=1S/C39H39N/c1-38(2,3)28-19-21-29(22-20-28)40-35-24-23-34(32-17-11-12-18-33(32)35)37(39(4,5)6)36-30-15-9-7-13-26(30)25-27-14-8-10-16-31(27)36/h7-25,37,40H,1-6H3. The molecule has 1 atom stereocenters. The number of rotatable bonds is 4. The van der Waals surface area contributed by atoms with Crippen LogP contribution in [0.3, 0.4) is 0 Å². The van der Waals surface area contributed by atoms with Gasteiger partial charge in [0.25, 0.3) is 0 Å². The first kappa shape index (κ1) is 26.1. The predicted octanol–water partition coefficient (Wildman–Crippen LogP) is 11.4. The quantitative estimate of drug-likeness (QED) is 0.227. The zero-order valence-corrected chi connectivity index (χ0v) is 24.5. The highest BCUT2D eigenvalue weighted by atomic mass is 14.9. The second kappa shape index (κ2) is 9.82. The molecule has 1 nitrogen and oxygen atoms in total. The number of nitrogens with one attached hydrogen (secondary N) is 1. The maximum Gasteiger partial charge on any atom is 0.0464 e. The molecule has 0 spiro atoms. The second-order valence-electron chi connectivity index (χ2n) is 13.2. The molecular formula is C39H39N. The van der Waals surface area contributed by atoms with Crippen molar-refractivity contribution >= 4 is 43.7 Å². The lowest BCUT2D eigenvalue weighted by atomic mass is 9.69. The second-order valence-corrected chi connectivity index (χ2v) is 13.2. The molecule has 40 heavy (non-hydrogen) atoms. The van der Waals surface area contributed by atoms with E-state index in [9.17, 15) is 0 Å². The van der Waals surface area contributed by atoms with Gasteiger partial charge in [-0.1, -0.05) is 133 Å². The SMILES string of the molecule is CC(C)(C)c1ccc(Nc2ccc(C(c3c4ccccc4cc4ccccc34)C(C)(C)C)c3ccccc23)cc1. The number of hydrogen-bond donors (Lipinski definition) is 1. The third-order valence-corrected chi connectivity index (χ3v) is 8.27. The highest BCUT2D eigenvalue weighted by Crippen LogP contribution is 2.48. The fourth-order valence-electron chi connectivity index (χ4n) is 6.31. The molecule has 6 aromatic carbocycles. The Morgan fingerprint density at radius 3 is 1.60 bits per heavy atom. The molecule has 6 rings (SSSR count). The van der Waals surface area contributed by atoms with Gasteiger partial charge in [0.05, 0.1) is 0 Å². The van der Waals surface area contributed by atoms with E-state index in [0.717, 1.165) is 11.4 Å². The van der Waals surface area contributed by atoms with Crippen molar-refractivity contribution in [2.24, 2.45) is 5.41 Å². The number of hydrogen-bond acceptors (Lipinski definition) is 1. The van der Waals surface area contributed by atoms with Gasteiger partial charge >= 0.3 is 0 Å². The van der Waals surface area contributed by atoms with Gasteiger partial charge in [-0.15, -0.1) is 0 Å². The first-order chi connectivity index (χ1) is 19.1. The van der Waals surface area contributed by atoms with Crippen molar-refractivity contribution in [1.29, 1.82) is 0 Å². The van der Waals surface area contributed by atoms with Crippen molar-refractivity contribution in [3.05, 3.63) is 132 Å². The van der Waals surface area contributed by atoms with Crippen molar-refractivity contribution in [2.75, 3.05) is 5.32 Å². The molecule has 1 heteroatoms. The van der Waals surface area contributed by atoms with Gasteiger partial charge < -0.3 is 5.32 Å². The summed E-state index contributed by atoms with van der Waals surface area (Å²) in [5.74, 6) is 0.202. The van der Waals surface area contributed by atoms with Gasteiger partial charge in [0.2, 0.25) is 0 Å². The summed E-state index contributed by atoms with van der Waals surface area (Å²) in [6.45, 7) is 13.9. The molecule has 200 valence electrons. The Bertz CT molecular complexity index is 1770. The summed E-state index contributed by atoms with van der Waals surface area (Å²) in [6.07, 6.45) is 0. The van der Waals surface area contributed by atoms with Crippen LogP contribution < -0.4 is 5.32 Å². The average Bonchev–Trinajstić information content (AvgIpc) is 2.93. The lowest BCUT2D eigenvalue weighted by Gasteiger charge is -2.35. The molecule has 0 radical (unpaired) electrons. The maximum atomic E-state index is 3.73. The number of anilines is 2. The van der Waals surface area contributed by atoms with Gasteiger partial charge in [-0.2, -0.15) is 0 Å². The van der Waals surface area contributed by atoms with Crippen LogP contribution in [0.4, 0.5) is 11.4 Å². The van der Waals surface area contributed by atoms with Crippen LogP contribution in [0.25, 0.3) is 32.3 Å². The smallest absolute Gasteiger partial charge is 0.0464 e. The molecule has 0 aromatic heterocycles. The van der Waals surface area contributed by atoms with Crippen LogP contribution in [-0.2, 0) is 5.41 Å². The molecule has 0 aliphatic rings. The average molecular weight is 522 g/mol. The molecule has 0 aliphatic carbocycles. The van der Waals surface area contributed by atoms with Crippen molar-refractivity contribution in [1.82, 2.24) is 0 Å². The molecule has 0 saturated heterocycles. The fourth-order valence-corrected chi connectivity index (χ4v) is 6.31. The van der Waals surface area contributed by atoms with Crippen LogP contribution in [0.1, 0.15) is 64.2 Å². The Morgan fingerprint density at radius 2 is 1.05 bits per heavy atom. The van der Waals surface area contributed by atoms with Crippen LogP contribution in [0.5, 0.6) is 0 Å². The molecule has 0 bridgehead atoms. The minimum atomic E-state index is -0.00655.